The zero-order chi connectivity index (χ0) is 19.2. The van der Waals surface area contributed by atoms with Crippen molar-refractivity contribution in [2.45, 2.75) is 27.2 Å². The molecule has 2 aromatic rings. The SMILES string of the molecule is CC(C)(C)C(=O)NCCC(=O)Nc1cc(Cl)ccc1Oc1ccccc1. The topological polar surface area (TPSA) is 67.4 Å². The van der Waals surface area contributed by atoms with E-state index in [1.54, 1.807) is 18.2 Å². The van der Waals surface area contributed by atoms with Gasteiger partial charge in [-0.2, -0.15) is 0 Å². The van der Waals surface area contributed by atoms with Gasteiger partial charge in [-0.25, -0.2) is 0 Å². The lowest BCUT2D eigenvalue weighted by atomic mass is 9.96. The molecule has 0 heterocycles. The van der Waals surface area contributed by atoms with Crippen LogP contribution in [0.4, 0.5) is 5.69 Å². The second kappa shape index (κ2) is 8.72. The highest BCUT2D eigenvalue weighted by atomic mass is 35.5. The second-order valence-electron chi connectivity index (χ2n) is 6.86. The van der Waals surface area contributed by atoms with E-state index in [9.17, 15) is 9.59 Å². The molecule has 0 fully saturated rings. The number of carbonyl (C=O) groups excluding carboxylic acids is 2. The molecule has 6 heteroatoms. The van der Waals surface area contributed by atoms with E-state index in [0.29, 0.717) is 22.2 Å². The Labute approximate surface area is 158 Å². The highest BCUT2D eigenvalue weighted by Gasteiger charge is 2.20. The van der Waals surface area contributed by atoms with E-state index in [1.807, 2.05) is 51.1 Å². The maximum Gasteiger partial charge on any atom is 0.226 e. The first-order chi connectivity index (χ1) is 12.3. The first-order valence-electron chi connectivity index (χ1n) is 8.36. The minimum absolute atomic E-state index is 0.0962. The van der Waals surface area contributed by atoms with Gasteiger partial charge < -0.3 is 15.4 Å². The number of ether oxygens (including phenoxy) is 1. The summed E-state index contributed by atoms with van der Waals surface area (Å²) in [5, 5.41) is 6.02. The van der Waals surface area contributed by atoms with Gasteiger partial charge in [-0.3, -0.25) is 9.59 Å². The van der Waals surface area contributed by atoms with E-state index >= 15 is 0 Å². The number of halogens is 1. The molecule has 2 aromatic carbocycles. The molecule has 0 bridgehead atoms. The Morgan fingerprint density at radius 3 is 2.42 bits per heavy atom. The average molecular weight is 375 g/mol. The van der Waals surface area contributed by atoms with Gasteiger partial charge in [-0.05, 0) is 30.3 Å². The Kier molecular flexibility index (Phi) is 6.64. The average Bonchev–Trinajstić information content (AvgIpc) is 2.57. The molecule has 2 amide bonds. The van der Waals surface area contributed by atoms with Crippen molar-refractivity contribution in [1.29, 1.82) is 0 Å². The van der Waals surface area contributed by atoms with Crippen molar-refractivity contribution in [3.63, 3.8) is 0 Å². The van der Waals surface area contributed by atoms with E-state index in [-0.39, 0.29) is 24.8 Å². The summed E-state index contributed by atoms with van der Waals surface area (Å²) >= 11 is 6.04. The van der Waals surface area contributed by atoms with Crippen LogP contribution in [-0.4, -0.2) is 18.4 Å². The van der Waals surface area contributed by atoms with Gasteiger partial charge in [0.1, 0.15) is 5.75 Å². The van der Waals surface area contributed by atoms with Gasteiger partial charge in [0.25, 0.3) is 0 Å². The number of rotatable bonds is 6. The number of benzene rings is 2. The first kappa shape index (κ1) is 19.8. The molecule has 138 valence electrons. The third-order valence-electron chi connectivity index (χ3n) is 3.51. The zero-order valence-corrected chi connectivity index (χ0v) is 15.9. The summed E-state index contributed by atoms with van der Waals surface area (Å²) in [4.78, 5) is 24.0. The predicted octanol–water partition coefficient (Wildman–Crippen LogP) is 4.62. The maximum atomic E-state index is 12.2. The standard InChI is InChI=1S/C20H23ClN2O3/c1-20(2,3)19(25)22-12-11-18(24)23-16-13-14(21)9-10-17(16)26-15-7-5-4-6-8-15/h4-10,13H,11-12H2,1-3H3,(H,22,25)(H,23,24). The molecule has 5 nitrogen and oxygen atoms in total. The summed E-state index contributed by atoms with van der Waals surface area (Å²) < 4.78 is 5.81. The third-order valence-corrected chi connectivity index (χ3v) is 3.74. The molecule has 2 rings (SSSR count). The molecule has 2 N–H and O–H groups in total. The van der Waals surface area contributed by atoms with Gasteiger partial charge in [0.15, 0.2) is 5.75 Å². The quantitative estimate of drug-likeness (QED) is 0.775. The van der Waals surface area contributed by atoms with Crippen LogP contribution in [0.5, 0.6) is 11.5 Å². The molecule has 0 aliphatic heterocycles. The van der Waals surface area contributed by atoms with Crippen LogP contribution < -0.4 is 15.4 Å². The number of para-hydroxylation sites is 1. The minimum Gasteiger partial charge on any atom is -0.455 e. The van der Waals surface area contributed by atoms with Crippen molar-refractivity contribution in [3.05, 3.63) is 53.6 Å². The van der Waals surface area contributed by atoms with E-state index < -0.39 is 5.41 Å². The van der Waals surface area contributed by atoms with Gasteiger partial charge in [-0.15, -0.1) is 0 Å². The van der Waals surface area contributed by atoms with Gasteiger partial charge in [0.05, 0.1) is 5.69 Å². The van der Waals surface area contributed by atoms with Crippen LogP contribution in [0.15, 0.2) is 48.5 Å². The van der Waals surface area contributed by atoms with E-state index in [4.69, 9.17) is 16.3 Å². The van der Waals surface area contributed by atoms with Crippen molar-refractivity contribution >= 4 is 29.1 Å². The molecule has 0 radical (unpaired) electrons. The number of hydrogen-bond donors (Lipinski definition) is 2. The van der Waals surface area contributed by atoms with Crippen LogP contribution in [0.1, 0.15) is 27.2 Å². The smallest absolute Gasteiger partial charge is 0.226 e. The minimum atomic E-state index is -0.486. The van der Waals surface area contributed by atoms with E-state index in [1.165, 1.54) is 0 Å². The third kappa shape index (κ3) is 6.08. The molecule has 0 aliphatic carbocycles. The number of nitrogens with one attached hydrogen (secondary N) is 2. The molecule has 0 unspecified atom stereocenters. The fourth-order valence-corrected chi connectivity index (χ4v) is 2.24. The first-order valence-corrected chi connectivity index (χ1v) is 8.74. The Morgan fingerprint density at radius 1 is 1.08 bits per heavy atom. The highest BCUT2D eigenvalue weighted by Crippen LogP contribution is 2.32. The number of hydrogen-bond acceptors (Lipinski definition) is 3. The van der Waals surface area contributed by atoms with Crippen molar-refractivity contribution in [2.75, 3.05) is 11.9 Å². The molecule has 0 atom stereocenters. The largest absolute Gasteiger partial charge is 0.455 e. The van der Waals surface area contributed by atoms with E-state index in [2.05, 4.69) is 10.6 Å². The molecular weight excluding hydrogens is 352 g/mol. The Balaban J connectivity index is 1.98. The molecule has 0 spiro atoms. The molecule has 0 saturated carbocycles. The molecule has 0 saturated heterocycles. The lowest BCUT2D eigenvalue weighted by Crippen LogP contribution is -2.36. The summed E-state index contributed by atoms with van der Waals surface area (Å²) in [6.45, 7) is 5.72. The second-order valence-corrected chi connectivity index (χ2v) is 7.30. The molecule has 0 aliphatic rings. The summed E-state index contributed by atoms with van der Waals surface area (Å²) in [7, 11) is 0. The van der Waals surface area contributed by atoms with Crippen LogP contribution >= 0.6 is 11.6 Å². The van der Waals surface area contributed by atoms with Crippen LogP contribution in [0, 0.1) is 5.41 Å². The van der Waals surface area contributed by atoms with Crippen LogP contribution in [-0.2, 0) is 9.59 Å². The van der Waals surface area contributed by atoms with Gasteiger partial charge >= 0.3 is 0 Å². The van der Waals surface area contributed by atoms with Gasteiger partial charge in [0, 0.05) is 23.4 Å². The van der Waals surface area contributed by atoms with E-state index in [0.717, 1.165) is 0 Å². The summed E-state index contributed by atoms with van der Waals surface area (Å²) in [6, 6.07) is 14.3. The highest BCUT2D eigenvalue weighted by molar-refractivity contribution is 6.31. The summed E-state index contributed by atoms with van der Waals surface area (Å²) in [5.74, 6) is 0.816. The normalized spacial score (nSPS) is 10.9. The Bertz CT molecular complexity index is 770. The summed E-state index contributed by atoms with van der Waals surface area (Å²) in [5.41, 5.74) is -0.00589. The van der Waals surface area contributed by atoms with Crippen molar-refractivity contribution < 1.29 is 14.3 Å². The monoisotopic (exact) mass is 374 g/mol. The zero-order valence-electron chi connectivity index (χ0n) is 15.1. The van der Waals surface area contributed by atoms with Crippen molar-refractivity contribution in [1.82, 2.24) is 5.32 Å². The predicted molar refractivity (Wildman–Crippen MR) is 104 cm³/mol. The number of carbonyl (C=O) groups is 2. The van der Waals surface area contributed by atoms with Gasteiger partial charge in [-0.1, -0.05) is 50.6 Å². The lowest BCUT2D eigenvalue weighted by Gasteiger charge is -2.17. The molecule has 0 aromatic heterocycles. The van der Waals surface area contributed by atoms with Crippen LogP contribution in [0.3, 0.4) is 0 Å². The number of amides is 2. The molecule has 26 heavy (non-hydrogen) atoms. The van der Waals surface area contributed by atoms with Gasteiger partial charge in [0.2, 0.25) is 11.8 Å². The van der Waals surface area contributed by atoms with Crippen LogP contribution in [0.25, 0.3) is 0 Å². The number of anilines is 1. The van der Waals surface area contributed by atoms with Crippen molar-refractivity contribution in [3.8, 4) is 11.5 Å². The van der Waals surface area contributed by atoms with Crippen LogP contribution in [0.2, 0.25) is 5.02 Å². The maximum absolute atomic E-state index is 12.2. The Hall–Kier alpha value is -2.53. The fourth-order valence-electron chi connectivity index (χ4n) is 2.07. The lowest BCUT2D eigenvalue weighted by molar-refractivity contribution is -0.128. The Morgan fingerprint density at radius 2 is 1.77 bits per heavy atom. The summed E-state index contributed by atoms with van der Waals surface area (Å²) in [6.07, 6.45) is 0.152. The molecular formula is C20H23ClN2O3. The van der Waals surface area contributed by atoms with Crippen molar-refractivity contribution in [2.24, 2.45) is 5.41 Å². The fraction of sp³-hybridized carbons (Fsp3) is 0.300.